The van der Waals surface area contributed by atoms with Crippen molar-refractivity contribution < 1.29 is 9.84 Å². The van der Waals surface area contributed by atoms with Crippen molar-refractivity contribution in [2.45, 2.75) is 52.3 Å². The number of rotatable bonds is 6. The molecule has 1 saturated carbocycles. The van der Waals surface area contributed by atoms with Gasteiger partial charge in [0.1, 0.15) is 0 Å². The predicted molar refractivity (Wildman–Crippen MR) is 99.3 cm³/mol. The molecule has 4 atom stereocenters. The quantitative estimate of drug-likeness (QED) is 0.805. The third-order valence-electron chi connectivity index (χ3n) is 7.08. The number of hydrogen-bond acceptors (Lipinski definition) is 3. The largest absolute Gasteiger partial charge is 0.389 e. The molecule has 2 heterocycles. The fourth-order valence-electron chi connectivity index (χ4n) is 5.15. The Bertz CT molecular complexity index is 648. The van der Waals surface area contributed by atoms with E-state index in [1.807, 2.05) is 0 Å². The Labute approximate surface area is 151 Å². The molecule has 4 nitrogen and oxygen atoms in total. The number of nitrogens with zero attached hydrogens (tertiary/aromatic N) is 2. The highest BCUT2D eigenvalue weighted by Gasteiger charge is 2.50. The Morgan fingerprint density at radius 1 is 1.36 bits per heavy atom. The molecule has 2 bridgehead atoms. The lowest BCUT2D eigenvalue weighted by Gasteiger charge is -2.56. The van der Waals surface area contributed by atoms with Gasteiger partial charge in [0.25, 0.3) is 0 Å². The lowest BCUT2D eigenvalue weighted by Crippen LogP contribution is -2.48. The van der Waals surface area contributed by atoms with E-state index in [1.54, 1.807) is 0 Å². The minimum atomic E-state index is -0.421. The molecule has 138 valence electrons. The van der Waals surface area contributed by atoms with E-state index in [4.69, 9.17) is 4.74 Å². The molecule has 1 aromatic rings. The maximum Gasteiger partial charge on any atom is 0.0900 e. The van der Waals surface area contributed by atoms with E-state index in [1.165, 1.54) is 24.1 Å². The van der Waals surface area contributed by atoms with E-state index in [9.17, 15) is 5.11 Å². The van der Waals surface area contributed by atoms with E-state index in [0.29, 0.717) is 37.1 Å². The van der Waals surface area contributed by atoms with Crippen LogP contribution in [0.1, 0.15) is 45.3 Å². The summed E-state index contributed by atoms with van der Waals surface area (Å²) in [5.41, 5.74) is 3.25. The van der Waals surface area contributed by atoms with E-state index in [2.05, 4.69) is 54.6 Å². The van der Waals surface area contributed by atoms with Crippen LogP contribution in [0.25, 0.3) is 0 Å². The van der Waals surface area contributed by atoms with Crippen molar-refractivity contribution >= 4 is 0 Å². The van der Waals surface area contributed by atoms with Crippen molar-refractivity contribution in [2.75, 3.05) is 26.3 Å². The smallest absolute Gasteiger partial charge is 0.0900 e. The normalized spacial score (nSPS) is 31.8. The van der Waals surface area contributed by atoms with Crippen molar-refractivity contribution in [3.63, 3.8) is 0 Å². The number of aromatic nitrogens is 1. The highest BCUT2D eigenvalue weighted by Crippen LogP contribution is 2.59. The lowest BCUT2D eigenvalue weighted by molar-refractivity contribution is -0.0281. The number of allylic oxidation sites excluding steroid dienone is 1. The number of aliphatic hydroxyl groups is 1. The molecule has 1 N–H and O–H groups in total. The monoisotopic (exact) mass is 344 g/mol. The maximum atomic E-state index is 10.4. The van der Waals surface area contributed by atoms with Crippen LogP contribution in [0, 0.1) is 17.3 Å². The summed E-state index contributed by atoms with van der Waals surface area (Å²) in [4.78, 5) is 2.36. The van der Waals surface area contributed by atoms with Crippen LogP contribution in [-0.2, 0) is 11.3 Å². The summed E-state index contributed by atoms with van der Waals surface area (Å²) in [6.45, 7) is 10.8. The second-order valence-corrected chi connectivity index (χ2v) is 8.79. The molecule has 5 rings (SSSR count). The van der Waals surface area contributed by atoms with Crippen molar-refractivity contribution in [2.24, 2.45) is 17.3 Å². The van der Waals surface area contributed by atoms with Gasteiger partial charge in [-0.3, -0.25) is 4.90 Å². The van der Waals surface area contributed by atoms with Crippen molar-refractivity contribution in [1.82, 2.24) is 9.47 Å². The van der Waals surface area contributed by atoms with Gasteiger partial charge in [-0.15, -0.1) is 0 Å². The minimum Gasteiger partial charge on any atom is -0.389 e. The van der Waals surface area contributed by atoms with Crippen molar-refractivity contribution in [3.05, 3.63) is 35.7 Å². The van der Waals surface area contributed by atoms with Gasteiger partial charge in [0.05, 0.1) is 19.3 Å². The van der Waals surface area contributed by atoms with Crippen LogP contribution in [0.4, 0.5) is 0 Å². The number of hydrogen-bond donors (Lipinski definition) is 1. The third kappa shape index (κ3) is 3.09. The average Bonchev–Trinajstić information content (AvgIpc) is 3.07. The summed E-state index contributed by atoms with van der Waals surface area (Å²) in [6.07, 6.45) is 6.64. The van der Waals surface area contributed by atoms with Gasteiger partial charge in [-0.25, -0.2) is 0 Å². The SMILES string of the molecule is C[C@@H]1c2cccn2CCN1C[C@H](O)COCC1=CC[C@@H]2C[C@@H]1C2(C)C. The maximum absolute atomic E-state index is 10.4. The van der Waals surface area contributed by atoms with Crippen LogP contribution in [0.5, 0.6) is 0 Å². The second kappa shape index (κ2) is 6.57. The Morgan fingerprint density at radius 3 is 2.96 bits per heavy atom. The Kier molecular flexibility index (Phi) is 4.55. The minimum absolute atomic E-state index is 0.354. The summed E-state index contributed by atoms with van der Waals surface area (Å²) < 4.78 is 8.22. The van der Waals surface area contributed by atoms with Crippen LogP contribution in [0.15, 0.2) is 30.0 Å². The van der Waals surface area contributed by atoms with Gasteiger partial charge in [0, 0.05) is 37.6 Å². The van der Waals surface area contributed by atoms with E-state index in [0.717, 1.165) is 19.0 Å². The van der Waals surface area contributed by atoms with Gasteiger partial charge in [-0.05, 0) is 54.7 Å². The first-order chi connectivity index (χ1) is 12.0. The van der Waals surface area contributed by atoms with Gasteiger partial charge in [0.2, 0.25) is 0 Å². The molecular formula is C21H32N2O2. The van der Waals surface area contributed by atoms with Gasteiger partial charge >= 0.3 is 0 Å². The van der Waals surface area contributed by atoms with Gasteiger partial charge < -0.3 is 14.4 Å². The molecule has 3 aliphatic carbocycles. The standard InChI is InChI=1S/C21H32N2O2/c1-15-20-5-4-8-22(20)9-10-23(15)12-18(24)14-25-13-16-6-7-17-11-19(16)21(17,2)3/h4-6,8,15,17-19,24H,7,9-14H2,1-3H3/t15-,17-,18+,19+/m1/s1. The molecule has 0 spiro atoms. The number of ether oxygens (including phenoxy) is 1. The number of β-amino-alcohol motifs (C(OH)–C–C–N with tert-alkyl or cyclic N) is 1. The Balaban J connectivity index is 1.24. The predicted octanol–water partition coefficient (Wildman–Crippen LogP) is 3.23. The molecule has 0 unspecified atom stereocenters. The fraction of sp³-hybridized carbons (Fsp3) is 0.714. The fourth-order valence-corrected chi connectivity index (χ4v) is 5.15. The third-order valence-corrected chi connectivity index (χ3v) is 7.08. The van der Waals surface area contributed by atoms with E-state index < -0.39 is 6.10 Å². The van der Waals surface area contributed by atoms with Crippen LogP contribution < -0.4 is 0 Å². The van der Waals surface area contributed by atoms with Crippen LogP contribution in [0.3, 0.4) is 0 Å². The van der Waals surface area contributed by atoms with E-state index >= 15 is 0 Å². The van der Waals surface area contributed by atoms with Gasteiger partial charge in [-0.2, -0.15) is 0 Å². The molecule has 1 aromatic heterocycles. The van der Waals surface area contributed by atoms with Gasteiger partial charge in [0.15, 0.2) is 0 Å². The first-order valence-corrected chi connectivity index (χ1v) is 9.80. The zero-order valence-corrected chi connectivity index (χ0v) is 15.8. The van der Waals surface area contributed by atoms with Crippen molar-refractivity contribution in [3.8, 4) is 0 Å². The molecular weight excluding hydrogens is 312 g/mol. The summed E-state index contributed by atoms with van der Waals surface area (Å²) in [6, 6.07) is 4.65. The summed E-state index contributed by atoms with van der Waals surface area (Å²) in [5, 5.41) is 10.4. The molecule has 0 saturated heterocycles. The van der Waals surface area contributed by atoms with Gasteiger partial charge in [-0.1, -0.05) is 19.9 Å². The molecule has 1 aliphatic heterocycles. The molecule has 4 heteroatoms. The highest BCUT2D eigenvalue weighted by atomic mass is 16.5. The first kappa shape index (κ1) is 17.3. The molecule has 1 fully saturated rings. The average molecular weight is 344 g/mol. The van der Waals surface area contributed by atoms with Crippen LogP contribution in [-0.4, -0.2) is 47.0 Å². The zero-order valence-electron chi connectivity index (χ0n) is 15.8. The topological polar surface area (TPSA) is 37.6 Å². The van der Waals surface area contributed by atoms with Crippen molar-refractivity contribution in [1.29, 1.82) is 0 Å². The van der Waals surface area contributed by atoms with Crippen LogP contribution in [0.2, 0.25) is 0 Å². The summed E-state index contributed by atoms with van der Waals surface area (Å²) in [7, 11) is 0. The van der Waals surface area contributed by atoms with E-state index in [-0.39, 0.29) is 0 Å². The highest BCUT2D eigenvalue weighted by molar-refractivity contribution is 5.23. The summed E-state index contributed by atoms with van der Waals surface area (Å²) >= 11 is 0. The molecule has 25 heavy (non-hydrogen) atoms. The molecule has 0 radical (unpaired) electrons. The Morgan fingerprint density at radius 2 is 2.20 bits per heavy atom. The Hall–Kier alpha value is -1.10. The van der Waals surface area contributed by atoms with Crippen LogP contribution >= 0.6 is 0 Å². The number of aliphatic hydroxyl groups excluding tert-OH is 1. The molecule has 0 aromatic carbocycles. The molecule has 0 amide bonds. The molecule has 4 aliphatic rings. The first-order valence-electron chi connectivity index (χ1n) is 9.80. The summed E-state index contributed by atoms with van der Waals surface area (Å²) in [5.74, 6) is 1.56. The zero-order chi connectivity index (χ0) is 17.6. The lowest BCUT2D eigenvalue weighted by atomic mass is 9.49. The number of fused-ring (bicyclic) bond motifs is 2. The second-order valence-electron chi connectivity index (χ2n) is 8.79.